The van der Waals surface area contributed by atoms with E-state index >= 15 is 0 Å². The number of benzene rings is 1. The molecule has 6 nitrogen and oxygen atoms in total. The van der Waals surface area contributed by atoms with Crippen LogP contribution in [0.1, 0.15) is 43.9 Å². The summed E-state index contributed by atoms with van der Waals surface area (Å²) in [6.07, 6.45) is 2.40. The molecule has 1 aliphatic rings. The van der Waals surface area contributed by atoms with E-state index in [2.05, 4.69) is 24.4 Å². The van der Waals surface area contributed by atoms with Gasteiger partial charge in [0, 0.05) is 27.2 Å². The Hall–Kier alpha value is -1.44. The number of carbonyl (C=O) groups excluding carboxylic acids is 1. The molecule has 140 valence electrons. The van der Waals surface area contributed by atoms with Crippen LogP contribution < -0.4 is 5.32 Å². The second kappa shape index (κ2) is 8.29. The minimum Gasteiger partial charge on any atom is -0.349 e. The molecule has 1 aromatic rings. The van der Waals surface area contributed by atoms with Crippen LogP contribution in [0.25, 0.3) is 0 Å². The smallest absolute Gasteiger partial charge is 0.281 e. The molecular weight excluding hydrogens is 338 g/mol. The van der Waals surface area contributed by atoms with Crippen LogP contribution in [0.15, 0.2) is 24.3 Å². The van der Waals surface area contributed by atoms with Crippen molar-refractivity contribution in [2.45, 2.75) is 39.2 Å². The summed E-state index contributed by atoms with van der Waals surface area (Å²) in [6.45, 7) is 4.78. The van der Waals surface area contributed by atoms with E-state index in [-0.39, 0.29) is 24.4 Å². The molecule has 1 amide bonds. The summed E-state index contributed by atoms with van der Waals surface area (Å²) >= 11 is 0. The van der Waals surface area contributed by atoms with Gasteiger partial charge < -0.3 is 5.32 Å². The molecule has 1 aromatic carbocycles. The van der Waals surface area contributed by atoms with Crippen molar-refractivity contribution in [1.82, 2.24) is 13.9 Å². The number of nitrogens with one attached hydrogen (secondary N) is 1. The van der Waals surface area contributed by atoms with Crippen LogP contribution in [0.5, 0.6) is 0 Å². The van der Waals surface area contributed by atoms with Gasteiger partial charge in [0.05, 0.1) is 12.0 Å². The van der Waals surface area contributed by atoms with E-state index < -0.39 is 10.2 Å². The van der Waals surface area contributed by atoms with E-state index in [4.69, 9.17) is 0 Å². The van der Waals surface area contributed by atoms with Crippen LogP contribution in [0, 0.1) is 5.92 Å². The number of nitrogens with zero attached hydrogens (tertiary/aromatic N) is 2. The molecule has 0 saturated carbocycles. The normalized spacial score (nSPS) is 20.4. The molecule has 0 bridgehead atoms. The maximum atomic E-state index is 12.6. The molecule has 2 atom stereocenters. The largest absolute Gasteiger partial charge is 0.349 e. The Morgan fingerprint density at radius 3 is 2.52 bits per heavy atom. The Kier molecular flexibility index (Phi) is 6.59. The number of carbonyl (C=O) groups is 1. The van der Waals surface area contributed by atoms with Gasteiger partial charge >= 0.3 is 0 Å². The average molecular weight is 368 g/mol. The third-order valence-corrected chi connectivity index (χ3v) is 6.70. The van der Waals surface area contributed by atoms with Crippen molar-refractivity contribution in [3.8, 4) is 0 Å². The van der Waals surface area contributed by atoms with Gasteiger partial charge in [-0.15, -0.1) is 0 Å². The second-order valence-corrected chi connectivity index (χ2v) is 8.96. The van der Waals surface area contributed by atoms with Gasteiger partial charge in [-0.3, -0.25) is 4.79 Å². The minimum atomic E-state index is -3.47. The number of hydrogen-bond donors (Lipinski definition) is 1. The maximum absolute atomic E-state index is 12.6. The number of hydrogen-bond acceptors (Lipinski definition) is 3. The quantitative estimate of drug-likeness (QED) is 0.835. The van der Waals surface area contributed by atoms with Crippen LogP contribution in [0.3, 0.4) is 0 Å². The molecule has 25 heavy (non-hydrogen) atoms. The lowest BCUT2D eigenvalue weighted by Gasteiger charge is -2.33. The fourth-order valence-corrected chi connectivity index (χ4v) is 4.24. The van der Waals surface area contributed by atoms with Gasteiger partial charge in [-0.25, -0.2) is 0 Å². The Bertz CT molecular complexity index is 686. The molecule has 1 saturated heterocycles. The average Bonchev–Trinajstić information content (AvgIpc) is 2.61. The van der Waals surface area contributed by atoms with E-state index in [1.807, 2.05) is 19.1 Å². The first kappa shape index (κ1) is 19.9. The summed E-state index contributed by atoms with van der Waals surface area (Å²) in [5.41, 5.74) is 2.32. The lowest BCUT2D eigenvalue weighted by molar-refractivity contribution is -0.126. The van der Waals surface area contributed by atoms with Gasteiger partial charge in [0.15, 0.2) is 0 Å². The topological polar surface area (TPSA) is 69.7 Å². The van der Waals surface area contributed by atoms with Crippen molar-refractivity contribution in [1.29, 1.82) is 0 Å². The molecule has 0 unspecified atom stereocenters. The first-order valence-corrected chi connectivity index (χ1v) is 10.2. The SMILES string of the molecule is CCc1ccc([C@@H](C)NC(=O)[C@@H]2CCCN(S(=O)(=O)N(C)C)C2)cc1. The van der Waals surface area contributed by atoms with E-state index in [0.717, 1.165) is 12.0 Å². The highest BCUT2D eigenvalue weighted by molar-refractivity contribution is 7.86. The van der Waals surface area contributed by atoms with Crippen LogP contribution in [0.4, 0.5) is 0 Å². The predicted molar refractivity (Wildman–Crippen MR) is 99.3 cm³/mol. The predicted octanol–water partition coefficient (Wildman–Crippen LogP) is 1.94. The van der Waals surface area contributed by atoms with Crippen LogP contribution in [-0.2, 0) is 21.4 Å². The van der Waals surface area contributed by atoms with Crippen molar-refractivity contribution in [2.24, 2.45) is 5.92 Å². The summed E-state index contributed by atoms with van der Waals surface area (Å²) in [4.78, 5) is 12.6. The molecule has 1 fully saturated rings. The van der Waals surface area contributed by atoms with Gasteiger partial charge in [0.1, 0.15) is 0 Å². The lowest BCUT2D eigenvalue weighted by atomic mass is 9.97. The highest BCUT2D eigenvalue weighted by atomic mass is 32.2. The standard InChI is InChI=1S/C18H29N3O3S/c1-5-15-8-10-16(11-9-15)14(2)19-18(22)17-7-6-12-21(13-17)25(23,24)20(3)4/h8-11,14,17H,5-7,12-13H2,1-4H3,(H,19,22)/t14-,17-/m1/s1. The molecule has 1 aliphatic heterocycles. The van der Waals surface area contributed by atoms with Crippen molar-refractivity contribution in [2.75, 3.05) is 27.2 Å². The van der Waals surface area contributed by atoms with Crippen LogP contribution in [-0.4, -0.2) is 50.1 Å². The Labute approximate surface area is 151 Å². The molecule has 1 heterocycles. The van der Waals surface area contributed by atoms with Crippen LogP contribution >= 0.6 is 0 Å². The first-order chi connectivity index (χ1) is 11.8. The lowest BCUT2D eigenvalue weighted by Crippen LogP contribution is -2.49. The number of piperidine rings is 1. The van der Waals surface area contributed by atoms with Gasteiger partial charge in [0.2, 0.25) is 5.91 Å². The minimum absolute atomic E-state index is 0.0780. The molecule has 2 rings (SSSR count). The van der Waals surface area contributed by atoms with Crippen molar-refractivity contribution in [3.05, 3.63) is 35.4 Å². The van der Waals surface area contributed by atoms with Crippen LogP contribution in [0.2, 0.25) is 0 Å². The molecule has 0 aliphatic carbocycles. The molecular formula is C18H29N3O3S. The zero-order chi connectivity index (χ0) is 18.6. The molecule has 0 spiro atoms. The van der Waals surface area contributed by atoms with E-state index in [0.29, 0.717) is 19.4 Å². The molecule has 0 aromatic heterocycles. The zero-order valence-corrected chi connectivity index (χ0v) is 16.3. The number of aryl methyl sites for hydroxylation is 1. The van der Waals surface area contributed by atoms with Gasteiger partial charge in [-0.2, -0.15) is 17.0 Å². The number of amides is 1. The fraction of sp³-hybridized carbons (Fsp3) is 0.611. The third kappa shape index (κ3) is 4.80. The Morgan fingerprint density at radius 1 is 1.32 bits per heavy atom. The highest BCUT2D eigenvalue weighted by Gasteiger charge is 2.33. The molecule has 1 N–H and O–H groups in total. The van der Waals surface area contributed by atoms with E-state index in [1.165, 1.54) is 28.3 Å². The van der Waals surface area contributed by atoms with Crippen molar-refractivity contribution in [3.63, 3.8) is 0 Å². The third-order valence-electron chi connectivity index (χ3n) is 4.79. The van der Waals surface area contributed by atoms with E-state index in [9.17, 15) is 13.2 Å². The fourth-order valence-electron chi connectivity index (χ4n) is 3.05. The summed E-state index contributed by atoms with van der Waals surface area (Å²) < 4.78 is 27.2. The zero-order valence-electron chi connectivity index (χ0n) is 15.5. The molecule has 7 heteroatoms. The second-order valence-electron chi connectivity index (χ2n) is 6.81. The summed E-state index contributed by atoms with van der Waals surface area (Å²) in [6, 6.07) is 8.12. The van der Waals surface area contributed by atoms with Crippen molar-refractivity contribution >= 4 is 16.1 Å². The first-order valence-electron chi connectivity index (χ1n) is 8.82. The Morgan fingerprint density at radius 2 is 1.96 bits per heavy atom. The monoisotopic (exact) mass is 367 g/mol. The van der Waals surface area contributed by atoms with Gasteiger partial charge in [-0.05, 0) is 37.3 Å². The van der Waals surface area contributed by atoms with Gasteiger partial charge in [0.25, 0.3) is 10.2 Å². The molecule has 0 radical (unpaired) electrons. The summed E-state index contributed by atoms with van der Waals surface area (Å²) in [5, 5.41) is 3.03. The highest BCUT2D eigenvalue weighted by Crippen LogP contribution is 2.22. The maximum Gasteiger partial charge on any atom is 0.281 e. The summed E-state index contributed by atoms with van der Waals surface area (Å²) in [5.74, 6) is -0.383. The van der Waals surface area contributed by atoms with Crippen molar-refractivity contribution < 1.29 is 13.2 Å². The van der Waals surface area contributed by atoms with E-state index in [1.54, 1.807) is 0 Å². The van der Waals surface area contributed by atoms with Gasteiger partial charge in [-0.1, -0.05) is 31.2 Å². The summed E-state index contributed by atoms with van der Waals surface area (Å²) in [7, 11) is -0.438. The Balaban J connectivity index is 1.99. The number of rotatable bonds is 6.